The first kappa shape index (κ1) is 19.8. The summed E-state index contributed by atoms with van der Waals surface area (Å²) in [6.45, 7) is 2.39. The van der Waals surface area contributed by atoms with Gasteiger partial charge in [0.15, 0.2) is 0 Å². The molecule has 138 valence electrons. The van der Waals surface area contributed by atoms with Gasteiger partial charge >= 0.3 is 0 Å². The van der Waals surface area contributed by atoms with Crippen LogP contribution in [0, 0.1) is 12.7 Å². The van der Waals surface area contributed by atoms with Crippen LogP contribution >= 0.6 is 11.8 Å². The normalized spacial score (nSPS) is 10.2. The van der Waals surface area contributed by atoms with Crippen molar-refractivity contribution in [1.29, 1.82) is 0 Å². The summed E-state index contributed by atoms with van der Waals surface area (Å²) in [5.41, 5.74) is 5.76. The van der Waals surface area contributed by atoms with Crippen molar-refractivity contribution >= 4 is 23.6 Å². The summed E-state index contributed by atoms with van der Waals surface area (Å²) in [4.78, 5) is 23.8. The number of ether oxygens (including phenoxy) is 1. The van der Waals surface area contributed by atoms with Crippen molar-refractivity contribution < 1.29 is 18.7 Å². The maximum absolute atomic E-state index is 13.4. The first-order valence-electron chi connectivity index (χ1n) is 8.19. The lowest BCUT2D eigenvalue weighted by atomic mass is 10.2. The topological polar surface area (TPSA) is 67.4 Å². The second-order valence-corrected chi connectivity index (χ2v) is 6.60. The molecule has 2 aromatic rings. The Kier molecular flexibility index (Phi) is 7.95. The van der Waals surface area contributed by atoms with Crippen LogP contribution in [0.3, 0.4) is 0 Å². The number of carbonyl (C=O) groups excluding carboxylic acids is 2. The first-order chi connectivity index (χ1) is 12.5. The van der Waals surface area contributed by atoms with Crippen molar-refractivity contribution in [2.75, 3.05) is 12.4 Å². The number of thioether (sulfide) groups is 1. The summed E-state index contributed by atoms with van der Waals surface area (Å²) in [6.07, 6.45) is 0.756. The summed E-state index contributed by atoms with van der Waals surface area (Å²) in [5.74, 6) is -0.297. The zero-order chi connectivity index (χ0) is 18.8. The highest BCUT2D eigenvalue weighted by atomic mass is 32.2. The summed E-state index contributed by atoms with van der Waals surface area (Å²) in [6, 6.07) is 13.9. The molecule has 0 spiro atoms. The van der Waals surface area contributed by atoms with Gasteiger partial charge < -0.3 is 4.74 Å². The van der Waals surface area contributed by atoms with Crippen molar-refractivity contribution in [3.63, 3.8) is 0 Å². The molecule has 0 heterocycles. The van der Waals surface area contributed by atoms with Gasteiger partial charge in [-0.15, -0.1) is 11.8 Å². The van der Waals surface area contributed by atoms with E-state index >= 15 is 0 Å². The number of carbonyl (C=O) groups is 2. The van der Waals surface area contributed by atoms with E-state index in [1.165, 1.54) is 6.07 Å². The molecule has 0 atom stereocenters. The molecule has 2 aromatic carbocycles. The van der Waals surface area contributed by atoms with Crippen molar-refractivity contribution in [2.45, 2.75) is 24.7 Å². The van der Waals surface area contributed by atoms with Gasteiger partial charge in [0.25, 0.3) is 0 Å². The molecule has 0 fully saturated rings. The average Bonchev–Trinajstić information content (AvgIpc) is 2.63. The van der Waals surface area contributed by atoms with Gasteiger partial charge in [-0.1, -0.05) is 24.3 Å². The van der Waals surface area contributed by atoms with E-state index in [-0.39, 0.29) is 23.9 Å². The number of halogens is 1. The third-order valence-corrected chi connectivity index (χ3v) is 4.39. The minimum Gasteiger partial charge on any atom is -0.494 e. The summed E-state index contributed by atoms with van der Waals surface area (Å²) >= 11 is 1.07. The van der Waals surface area contributed by atoms with Gasteiger partial charge in [0.05, 0.1) is 12.4 Å². The van der Waals surface area contributed by atoms with Crippen LogP contribution in [0.2, 0.25) is 0 Å². The fourth-order valence-electron chi connectivity index (χ4n) is 2.07. The van der Waals surface area contributed by atoms with Crippen LogP contribution in [0.25, 0.3) is 0 Å². The maximum Gasteiger partial charge on any atom is 0.248 e. The number of hydrazine groups is 1. The van der Waals surface area contributed by atoms with E-state index in [0.717, 1.165) is 23.1 Å². The Morgan fingerprint density at radius 3 is 2.62 bits per heavy atom. The zero-order valence-electron chi connectivity index (χ0n) is 14.5. The number of benzene rings is 2. The van der Waals surface area contributed by atoms with Crippen molar-refractivity contribution in [2.24, 2.45) is 0 Å². The molecule has 0 saturated heterocycles. The molecular formula is C19H21FN2O3S. The molecule has 0 unspecified atom stereocenters. The van der Waals surface area contributed by atoms with Crippen molar-refractivity contribution in [3.8, 4) is 5.75 Å². The van der Waals surface area contributed by atoms with Crippen LogP contribution in [0.4, 0.5) is 4.39 Å². The molecule has 2 amide bonds. The molecule has 0 aromatic heterocycles. The molecule has 26 heavy (non-hydrogen) atoms. The lowest BCUT2D eigenvalue weighted by Crippen LogP contribution is -2.42. The zero-order valence-corrected chi connectivity index (χ0v) is 15.3. The number of rotatable bonds is 8. The molecule has 0 radical (unpaired) electrons. The fraction of sp³-hybridized carbons (Fsp3) is 0.263. The van der Waals surface area contributed by atoms with Crippen LogP contribution in [0.15, 0.2) is 53.4 Å². The Hall–Kier alpha value is -2.54. The third kappa shape index (κ3) is 7.14. The largest absolute Gasteiger partial charge is 0.494 e. The molecule has 2 N–H and O–H groups in total. The average molecular weight is 376 g/mol. The Bertz CT molecular complexity index is 755. The molecule has 0 aliphatic carbocycles. The van der Waals surface area contributed by atoms with Crippen LogP contribution in [-0.4, -0.2) is 24.2 Å². The van der Waals surface area contributed by atoms with E-state index in [9.17, 15) is 14.0 Å². The second-order valence-electron chi connectivity index (χ2n) is 5.58. The van der Waals surface area contributed by atoms with Gasteiger partial charge in [-0.25, -0.2) is 4.39 Å². The van der Waals surface area contributed by atoms with Crippen LogP contribution in [0.5, 0.6) is 5.75 Å². The molecule has 2 rings (SSSR count). The monoisotopic (exact) mass is 376 g/mol. The van der Waals surface area contributed by atoms with Gasteiger partial charge in [0.1, 0.15) is 11.6 Å². The van der Waals surface area contributed by atoms with E-state index in [0.29, 0.717) is 17.9 Å². The minimum absolute atomic E-state index is 0.0116. The number of amides is 2. The molecule has 5 nitrogen and oxygen atoms in total. The van der Waals surface area contributed by atoms with Gasteiger partial charge in [-0.3, -0.25) is 20.4 Å². The predicted molar refractivity (Wildman–Crippen MR) is 99.3 cm³/mol. The number of nitrogens with one attached hydrogen (secondary N) is 2. The second kappa shape index (κ2) is 10.5. The van der Waals surface area contributed by atoms with E-state index in [1.807, 2.05) is 31.2 Å². The lowest BCUT2D eigenvalue weighted by molar-refractivity contribution is -0.127. The maximum atomic E-state index is 13.4. The molecule has 0 aliphatic heterocycles. The Morgan fingerprint density at radius 2 is 1.85 bits per heavy atom. The van der Waals surface area contributed by atoms with Crippen LogP contribution in [0.1, 0.15) is 18.4 Å². The third-order valence-electron chi connectivity index (χ3n) is 3.34. The van der Waals surface area contributed by atoms with Gasteiger partial charge in [-0.05, 0) is 43.2 Å². The van der Waals surface area contributed by atoms with Crippen LogP contribution < -0.4 is 15.6 Å². The number of aryl methyl sites for hydroxylation is 1. The molecule has 0 saturated carbocycles. The smallest absolute Gasteiger partial charge is 0.248 e. The summed E-state index contributed by atoms with van der Waals surface area (Å²) in [7, 11) is 0. The quantitative estimate of drug-likeness (QED) is 0.422. The number of hydrogen-bond acceptors (Lipinski definition) is 4. The SMILES string of the molecule is Cc1cccc(OCCCC(=O)NNC(=O)CSc2ccccc2F)c1. The fourth-order valence-corrected chi connectivity index (χ4v) is 2.81. The highest BCUT2D eigenvalue weighted by Crippen LogP contribution is 2.20. The van der Waals surface area contributed by atoms with E-state index < -0.39 is 5.91 Å². The molecular weight excluding hydrogens is 355 g/mol. The minimum atomic E-state index is -0.400. The Balaban J connectivity index is 1.58. The van der Waals surface area contributed by atoms with Gasteiger partial charge in [0.2, 0.25) is 11.8 Å². The molecule has 0 aliphatic rings. The standard InChI is InChI=1S/C19H21FN2O3S/c1-14-6-4-7-15(12-14)25-11-5-10-18(23)21-22-19(24)13-26-17-9-3-2-8-16(17)20/h2-4,6-9,12H,5,10-11,13H2,1H3,(H,21,23)(H,22,24). The highest BCUT2D eigenvalue weighted by Gasteiger charge is 2.08. The summed E-state index contributed by atoms with van der Waals surface area (Å²) in [5, 5.41) is 0. The predicted octanol–water partition coefficient (Wildman–Crippen LogP) is 3.23. The Morgan fingerprint density at radius 1 is 1.08 bits per heavy atom. The first-order valence-corrected chi connectivity index (χ1v) is 9.17. The van der Waals surface area contributed by atoms with Gasteiger partial charge in [0, 0.05) is 11.3 Å². The summed E-state index contributed by atoms with van der Waals surface area (Å²) < 4.78 is 19.0. The van der Waals surface area contributed by atoms with Crippen molar-refractivity contribution in [1.82, 2.24) is 10.9 Å². The van der Waals surface area contributed by atoms with Crippen LogP contribution in [-0.2, 0) is 9.59 Å². The molecule has 7 heteroatoms. The lowest BCUT2D eigenvalue weighted by Gasteiger charge is -2.09. The number of hydrogen-bond donors (Lipinski definition) is 2. The van der Waals surface area contributed by atoms with Gasteiger partial charge in [-0.2, -0.15) is 0 Å². The van der Waals surface area contributed by atoms with Crippen molar-refractivity contribution in [3.05, 3.63) is 59.9 Å². The molecule has 0 bridgehead atoms. The van der Waals surface area contributed by atoms with E-state index in [1.54, 1.807) is 18.2 Å². The highest BCUT2D eigenvalue weighted by molar-refractivity contribution is 8.00. The van der Waals surface area contributed by atoms with E-state index in [4.69, 9.17) is 4.74 Å². The van der Waals surface area contributed by atoms with E-state index in [2.05, 4.69) is 10.9 Å². The Labute approximate surface area is 156 Å².